The number of hydrogen-bond acceptors (Lipinski definition) is 7. The minimum atomic E-state index is 0.230. The average Bonchev–Trinajstić information content (AvgIpc) is 2.45. The summed E-state index contributed by atoms with van der Waals surface area (Å²) in [6.45, 7) is 14.0. The maximum Gasteiger partial charge on any atom is 0.231 e. The van der Waals surface area contributed by atoms with Crippen molar-refractivity contribution in [2.45, 2.75) is 40.7 Å². The monoisotopic (exact) mass is 296 g/mol. The third-order valence-corrected chi connectivity index (χ3v) is 2.84. The molecule has 21 heavy (non-hydrogen) atoms. The summed E-state index contributed by atoms with van der Waals surface area (Å²) in [5, 5.41) is 6.33. The van der Waals surface area contributed by atoms with E-state index < -0.39 is 0 Å². The van der Waals surface area contributed by atoms with E-state index in [1.54, 1.807) is 0 Å². The van der Waals surface area contributed by atoms with Gasteiger partial charge < -0.3 is 20.3 Å². The van der Waals surface area contributed by atoms with Crippen LogP contribution in [-0.2, 0) is 4.74 Å². The Kier molecular flexibility index (Phi) is 7.74. The van der Waals surface area contributed by atoms with E-state index in [4.69, 9.17) is 4.74 Å². The summed E-state index contributed by atoms with van der Waals surface area (Å²) < 4.78 is 5.50. The summed E-state index contributed by atoms with van der Waals surface area (Å²) in [6, 6.07) is 0. The van der Waals surface area contributed by atoms with E-state index >= 15 is 0 Å². The quantitative estimate of drug-likeness (QED) is 0.639. The van der Waals surface area contributed by atoms with Crippen LogP contribution in [0.4, 0.5) is 17.8 Å². The van der Waals surface area contributed by atoms with Crippen molar-refractivity contribution in [1.82, 2.24) is 15.0 Å². The Morgan fingerprint density at radius 3 is 2.14 bits per heavy atom. The van der Waals surface area contributed by atoms with E-state index in [-0.39, 0.29) is 6.10 Å². The molecule has 1 aromatic heterocycles. The number of nitrogens with zero attached hydrogens (tertiary/aromatic N) is 4. The van der Waals surface area contributed by atoms with Crippen LogP contribution in [0.5, 0.6) is 0 Å². The standard InChI is InChI=1S/C14H28N6O/c1-6-15-12-17-13(16-9-10-21-11(4)5)19-14(18-12)20(7-2)8-3/h11H,6-10H2,1-5H3,(H2,15,16,17,18,19). The Balaban J connectivity index is 2.76. The lowest BCUT2D eigenvalue weighted by Crippen LogP contribution is -2.26. The molecule has 0 aliphatic rings. The van der Waals surface area contributed by atoms with Gasteiger partial charge in [-0.25, -0.2) is 0 Å². The maximum absolute atomic E-state index is 5.50. The van der Waals surface area contributed by atoms with Gasteiger partial charge >= 0.3 is 0 Å². The van der Waals surface area contributed by atoms with Crippen molar-refractivity contribution in [3.63, 3.8) is 0 Å². The van der Waals surface area contributed by atoms with Crippen molar-refractivity contribution in [1.29, 1.82) is 0 Å². The molecule has 0 spiro atoms. The van der Waals surface area contributed by atoms with Crippen LogP contribution in [0.25, 0.3) is 0 Å². The number of rotatable bonds is 10. The highest BCUT2D eigenvalue weighted by molar-refractivity contribution is 5.43. The van der Waals surface area contributed by atoms with Gasteiger partial charge in [-0.2, -0.15) is 15.0 Å². The van der Waals surface area contributed by atoms with Crippen molar-refractivity contribution in [2.75, 3.05) is 48.3 Å². The van der Waals surface area contributed by atoms with E-state index in [0.717, 1.165) is 19.6 Å². The van der Waals surface area contributed by atoms with Crippen LogP contribution in [0.2, 0.25) is 0 Å². The van der Waals surface area contributed by atoms with Crippen molar-refractivity contribution in [3.8, 4) is 0 Å². The lowest BCUT2D eigenvalue weighted by atomic mass is 10.5. The van der Waals surface area contributed by atoms with E-state index in [1.807, 2.05) is 20.8 Å². The fourth-order valence-corrected chi connectivity index (χ4v) is 1.79. The molecule has 0 aromatic carbocycles. The van der Waals surface area contributed by atoms with Crippen LogP contribution in [-0.4, -0.2) is 53.8 Å². The first-order chi connectivity index (χ1) is 10.1. The third-order valence-electron chi connectivity index (χ3n) is 2.84. The van der Waals surface area contributed by atoms with Gasteiger partial charge in [-0.15, -0.1) is 0 Å². The van der Waals surface area contributed by atoms with Crippen LogP contribution in [0.3, 0.4) is 0 Å². The van der Waals surface area contributed by atoms with Crippen molar-refractivity contribution in [3.05, 3.63) is 0 Å². The first-order valence-corrected chi connectivity index (χ1v) is 7.71. The molecule has 0 atom stereocenters. The highest BCUT2D eigenvalue weighted by Gasteiger charge is 2.10. The zero-order chi connectivity index (χ0) is 15.7. The highest BCUT2D eigenvalue weighted by atomic mass is 16.5. The lowest BCUT2D eigenvalue weighted by Gasteiger charge is -2.19. The SMILES string of the molecule is CCNc1nc(NCCOC(C)C)nc(N(CC)CC)n1. The number of aromatic nitrogens is 3. The van der Waals surface area contributed by atoms with E-state index in [1.165, 1.54) is 0 Å². The molecule has 7 nitrogen and oxygen atoms in total. The average molecular weight is 296 g/mol. The first kappa shape index (κ1) is 17.4. The van der Waals surface area contributed by atoms with E-state index in [9.17, 15) is 0 Å². The second-order valence-electron chi connectivity index (χ2n) is 4.83. The summed E-state index contributed by atoms with van der Waals surface area (Å²) in [7, 11) is 0. The largest absolute Gasteiger partial charge is 0.377 e. The van der Waals surface area contributed by atoms with Gasteiger partial charge in [0.2, 0.25) is 17.8 Å². The third kappa shape index (κ3) is 6.12. The van der Waals surface area contributed by atoms with Crippen LogP contribution >= 0.6 is 0 Å². The molecule has 0 aliphatic carbocycles. The van der Waals surface area contributed by atoms with E-state index in [0.29, 0.717) is 31.0 Å². The molecular weight excluding hydrogens is 268 g/mol. The van der Waals surface area contributed by atoms with Crippen LogP contribution in [0.1, 0.15) is 34.6 Å². The number of hydrogen-bond donors (Lipinski definition) is 2. The minimum Gasteiger partial charge on any atom is -0.377 e. The predicted octanol–water partition coefficient (Wildman–Crippen LogP) is 1.99. The molecule has 1 heterocycles. The molecule has 0 saturated heterocycles. The van der Waals surface area contributed by atoms with Crippen LogP contribution in [0.15, 0.2) is 0 Å². The fourth-order valence-electron chi connectivity index (χ4n) is 1.79. The molecule has 0 unspecified atom stereocenters. The molecule has 0 amide bonds. The second kappa shape index (κ2) is 9.33. The molecule has 0 fully saturated rings. The summed E-state index contributed by atoms with van der Waals surface area (Å²) in [5.41, 5.74) is 0. The number of nitrogens with one attached hydrogen (secondary N) is 2. The first-order valence-electron chi connectivity index (χ1n) is 7.71. The van der Waals surface area contributed by atoms with E-state index in [2.05, 4.69) is 44.3 Å². The molecule has 0 bridgehead atoms. The predicted molar refractivity (Wildman–Crippen MR) is 87.1 cm³/mol. The zero-order valence-electron chi connectivity index (χ0n) is 13.8. The Bertz CT molecular complexity index is 408. The molecule has 0 saturated carbocycles. The van der Waals surface area contributed by atoms with Crippen molar-refractivity contribution >= 4 is 17.8 Å². The zero-order valence-corrected chi connectivity index (χ0v) is 13.8. The molecule has 0 aliphatic heterocycles. The van der Waals surface area contributed by atoms with Crippen LogP contribution in [0, 0.1) is 0 Å². The fraction of sp³-hybridized carbons (Fsp3) is 0.786. The van der Waals surface area contributed by atoms with Crippen molar-refractivity contribution < 1.29 is 4.74 Å². The molecule has 7 heteroatoms. The Morgan fingerprint density at radius 2 is 1.62 bits per heavy atom. The van der Waals surface area contributed by atoms with Gasteiger partial charge in [-0.05, 0) is 34.6 Å². The van der Waals surface area contributed by atoms with Gasteiger partial charge in [0, 0.05) is 26.2 Å². The number of ether oxygens (including phenoxy) is 1. The van der Waals surface area contributed by atoms with Gasteiger partial charge in [-0.3, -0.25) is 0 Å². The Labute approximate surface area is 127 Å². The molecule has 120 valence electrons. The summed E-state index contributed by atoms with van der Waals surface area (Å²) in [5.74, 6) is 1.87. The smallest absolute Gasteiger partial charge is 0.231 e. The lowest BCUT2D eigenvalue weighted by molar-refractivity contribution is 0.0870. The summed E-state index contributed by atoms with van der Waals surface area (Å²) in [6.07, 6.45) is 0.230. The molecule has 1 aromatic rings. The molecule has 2 N–H and O–H groups in total. The van der Waals surface area contributed by atoms with Crippen LogP contribution < -0.4 is 15.5 Å². The van der Waals surface area contributed by atoms with Crippen molar-refractivity contribution in [2.24, 2.45) is 0 Å². The van der Waals surface area contributed by atoms with Gasteiger partial charge in [0.25, 0.3) is 0 Å². The topological polar surface area (TPSA) is 75.2 Å². The molecular formula is C14H28N6O. The normalized spacial score (nSPS) is 10.8. The van der Waals surface area contributed by atoms with Gasteiger partial charge in [0.15, 0.2) is 0 Å². The minimum absolute atomic E-state index is 0.230. The molecule has 0 radical (unpaired) electrons. The Morgan fingerprint density at radius 1 is 1.00 bits per heavy atom. The van der Waals surface area contributed by atoms with Gasteiger partial charge in [0.05, 0.1) is 12.7 Å². The number of anilines is 3. The maximum atomic E-state index is 5.50. The summed E-state index contributed by atoms with van der Waals surface area (Å²) >= 11 is 0. The van der Waals surface area contributed by atoms with Gasteiger partial charge in [-0.1, -0.05) is 0 Å². The summed E-state index contributed by atoms with van der Waals surface area (Å²) in [4.78, 5) is 15.4. The molecule has 1 rings (SSSR count). The Hall–Kier alpha value is -1.63. The van der Waals surface area contributed by atoms with Gasteiger partial charge in [0.1, 0.15) is 0 Å². The second-order valence-corrected chi connectivity index (χ2v) is 4.83. The highest BCUT2D eigenvalue weighted by Crippen LogP contribution is 2.13.